The minimum atomic E-state index is -0.428. The Balaban J connectivity index is 1.76. The summed E-state index contributed by atoms with van der Waals surface area (Å²) < 4.78 is 5.67. The Hall–Kier alpha value is -1.87. The van der Waals surface area contributed by atoms with Crippen LogP contribution in [-0.2, 0) is 10.2 Å². The summed E-state index contributed by atoms with van der Waals surface area (Å²) in [5.74, 6) is 0.770. The van der Waals surface area contributed by atoms with Crippen molar-refractivity contribution in [1.82, 2.24) is 4.98 Å². The van der Waals surface area contributed by atoms with E-state index in [0.717, 1.165) is 36.9 Å². The summed E-state index contributed by atoms with van der Waals surface area (Å²) in [7, 11) is 0. The highest BCUT2D eigenvalue weighted by atomic mass is 35.5. The molecule has 0 N–H and O–H groups in total. The van der Waals surface area contributed by atoms with Gasteiger partial charge in [-0.25, -0.2) is 0 Å². The van der Waals surface area contributed by atoms with Crippen LogP contribution in [-0.4, -0.2) is 17.4 Å². The van der Waals surface area contributed by atoms with Gasteiger partial charge in [0.25, 0.3) is 0 Å². The van der Waals surface area contributed by atoms with Crippen LogP contribution < -0.4 is 4.74 Å². The van der Waals surface area contributed by atoms with Gasteiger partial charge in [0.2, 0.25) is 0 Å². The Morgan fingerprint density at radius 3 is 2.48 bits per heavy atom. The van der Waals surface area contributed by atoms with Crippen molar-refractivity contribution in [2.75, 3.05) is 6.61 Å². The lowest BCUT2D eigenvalue weighted by molar-refractivity contribution is -0.126. The largest absolute Gasteiger partial charge is 0.484 e. The highest BCUT2D eigenvalue weighted by Gasteiger charge is 2.42. The van der Waals surface area contributed by atoms with Gasteiger partial charge < -0.3 is 4.74 Å². The summed E-state index contributed by atoms with van der Waals surface area (Å²) >= 11 is 5.98. The van der Waals surface area contributed by atoms with Crippen molar-refractivity contribution in [2.45, 2.75) is 38.0 Å². The number of ether oxygens (including phenoxy) is 1. The van der Waals surface area contributed by atoms with Crippen LogP contribution in [0.2, 0.25) is 5.02 Å². The van der Waals surface area contributed by atoms with E-state index < -0.39 is 5.41 Å². The van der Waals surface area contributed by atoms with E-state index in [1.165, 1.54) is 0 Å². The monoisotopic (exact) mass is 329 g/mol. The maximum absolute atomic E-state index is 12.9. The van der Waals surface area contributed by atoms with Gasteiger partial charge in [0.05, 0.1) is 11.6 Å². The Labute approximate surface area is 141 Å². The van der Waals surface area contributed by atoms with Crippen molar-refractivity contribution >= 4 is 17.4 Å². The van der Waals surface area contributed by atoms with E-state index in [4.69, 9.17) is 16.3 Å². The molecule has 3 nitrogen and oxygen atoms in total. The summed E-state index contributed by atoms with van der Waals surface area (Å²) in [4.78, 5) is 17.1. The fourth-order valence-electron chi connectivity index (χ4n) is 3.30. The third-order valence-electron chi connectivity index (χ3n) is 4.64. The van der Waals surface area contributed by atoms with E-state index in [9.17, 15) is 4.79 Å². The fraction of sp³-hybridized carbons (Fsp3) is 0.368. The van der Waals surface area contributed by atoms with Gasteiger partial charge in [-0.2, -0.15) is 0 Å². The minimum absolute atomic E-state index is 0.0768. The number of carbonyl (C=O) groups is 1. The molecule has 3 rings (SSSR count). The summed E-state index contributed by atoms with van der Waals surface area (Å²) in [5.41, 5.74) is 1.55. The molecular formula is C19H20ClNO2. The van der Waals surface area contributed by atoms with Crippen LogP contribution in [0, 0.1) is 6.92 Å². The number of benzene rings is 1. The van der Waals surface area contributed by atoms with Crippen LogP contribution in [0.25, 0.3) is 0 Å². The van der Waals surface area contributed by atoms with Gasteiger partial charge in [0.15, 0.2) is 5.78 Å². The summed E-state index contributed by atoms with van der Waals surface area (Å²) in [6.07, 6.45) is 5.55. The van der Waals surface area contributed by atoms with Crippen LogP contribution in [0.5, 0.6) is 5.75 Å². The van der Waals surface area contributed by atoms with E-state index >= 15 is 0 Å². The molecule has 1 aliphatic carbocycles. The third kappa shape index (κ3) is 3.40. The number of hydrogen-bond donors (Lipinski definition) is 0. The highest BCUT2D eigenvalue weighted by Crippen LogP contribution is 2.42. The lowest BCUT2D eigenvalue weighted by Crippen LogP contribution is -2.36. The Kier molecular flexibility index (Phi) is 4.67. The van der Waals surface area contributed by atoms with Crippen LogP contribution in [0.4, 0.5) is 0 Å². The smallest absolute Gasteiger partial charge is 0.180 e. The van der Waals surface area contributed by atoms with Crippen molar-refractivity contribution in [3.8, 4) is 5.75 Å². The van der Waals surface area contributed by atoms with E-state index in [1.807, 2.05) is 43.3 Å². The quantitative estimate of drug-likeness (QED) is 0.810. The van der Waals surface area contributed by atoms with Crippen molar-refractivity contribution in [3.05, 3.63) is 58.9 Å². The van der Waals surface area contributed by atoms with Crippen molar-refractivity contribution < 1.29 is 9.53 Å². The number of hydrogen-bond acceptors (Lipinski definition) is 3. The Bertz CT molecular complexity index is 674. The second kappa shape index (κ2) is 6.71. The SMILES string of the molecule is Cc1ccc(OCC(=O)C2(c3ccc(Cl)cc3)CCCC2)cn1. The molecule has 0 radical (unpaired) electrons. The highest BCUT2D eigenvalue weighted by molar-refractivity contribution is 6.30. The first-order valence-corrected chi connectivity index (χ1v) is 8.33. The zero-order chi connectivity index (χ0) is 16.3. The zero-order valence-electron chi connectivity index (χ0n) is 13.2. The predicted molar refractivity (Wildman–Crippen MR) is 91.1 cm³/mol. The molecule has 120 valence electrons. The lowest BCUT2D eigenvalue weighted by Gasteiger charge is -2.28. The normalized spacial score (nSPS) is 16.3. The second-order valence-corrected chi connectivity index (χ2v) is 6.58. The van der Waals surface area contributed by atoms with E-state index in [1.54, 1.807) is 6.20 Å². The maximum atomic E-state index is 12.9. The third-order valence-corrected chi connectivity index (χ3v) is 4.89. The molecule has 1 aromatic carbocycles. The Morgan fingerprint density at radius 2 is 1.87 bits per heavy atom. The molecule has 0 atom stereocenters. The number of nitrogens with zero attached hydrogens (tertiary/aromatic N) is 1. The van der Waals surface area contributed by atoms with Crippen molar-refractivity contribution in [3.63, 3.8) is 0 Å². The summed E-state index contributed by atoms with van der Waals surface area (Å²) in [5, 5.41) is 0.691. The first-order valence-electron chi connectivity index (χ1n) is 7.95. The maximum Gasteiger partial charge on any atom is 0.180 e. The molecule has 1 aromatic heterocycles. The molecular weight excluding hydrogens is 310 g/mol. The molecule has 4 heteroatoms. The molecule has 23 heavy (non-hydrogen) atoms. The molecule has 0 unspecified atom stereocenters. The number of aromatic nitrogens is 1. The molecule has 0 saturated heterocycles. The van der Waals surface area contributed by atoms with Gasteiger partial charge in [-0.05, 0) is 49.6 Å². The first-order chi connectivity index (χ1) is 11.1. The predicted octanol–water partition coefficient (Wildman–Crippen LogP) is 4.50. The van der Waals surface area contributed by atoms with Gasteiger partial charge in [0.1, 0.15) is 12.4 Å². The number of ketones is 1. The van der Waals surface area contributed by atoms with Gasteiger partial charge in [0, 0.05) is 10.7 Å². The van der Waals surface area contributed by atoms with Gasteiger partial charge in [-0.1, -0.05) is 36.6 Å². The molecule has 0 spiro atoms. The summed E-state index contributed by atoms with van der Waals surface area (Å²) in [6.45, 7) is 2.00. The number of aryl methyl sites for hydroxylation is 1. The van der Waals surface area contributed by atoms with Crippen LogP contribution in [0.1, 0.15) is 36.9 Å². The van der Waals surface area contributed by atoms with Crippen molar-refractivity contribution in [2.24, 2.45) is 0 Å². The molecule has 1 fully saturated rings. The molecule has 1 saturated carbocycles. The molecule has 0 aliphatic heterocycles. The standard InChI is InChI=1S/C19H20ClNO2/c1-14-4-9-17(12-21-14)23-13-18(22)19(10-2-3-11-19)15-5-7-16(20)8-6-15/h4-9,12H,2-3,10-11,13H2,1H3. The molecule has 1 heterocycles. The minimum Gasteiger partial charge on any atom is -0.484 e. The molecule has 2 aromatic rings. The number of carbonyl (C=O) groups excluding carboxylic acids is 1. The molecule has 1 aliphatic rings. The molecule has 0 bridgehead atoms. The number of halogens is 1. The second-order valence-electron chi connectivity index (χ2n) is 6.14. The van der Waals surface area contributed by atoms with Gasteiger partial charge >= 0.3 is 0 Å². The van der Waals surface area contributed by atoms with Gasteiger partial charge in [-0.15, -0.1) is 0 Å². The van der Waals surface area contributed by atoms with Gasteiger partial charge in [-0.3, -0.25) is 9.78 Å². The number of rotatable bonds is 5. The molecule has 0 amide bonds. The van der Waals surface area contributed by atoms with Crippen LogP contribution >= 0.6 is 11.6 Å². The fourth-order valence-corrected chi connectivity index (χ4v) is 3.43. The topological polar surface area (TPSA) is 39.2 Å². The average molecular weight is 330 g/mol. The van der Waals surface area contributed by atoms with Crippen molar-refractivity contribution in [1.29, 1.82) is 0 Å². The Morgan fingerprint density at radius 1 is 1.17 bits per heavy atom. The van der Waals surface area contributed by atoms with Crippen LogP contribution in [0.3, 0.4) is 0 Å². The van der Waals surface area contributed by atoms with E-state index in [2.05, 4.69) is 4.98 Å². The number of Topliss-reactive ketones (excluding diaryl/α,β-unsaturated/α-hetero) is 1. The zero-order valence-corrected chi connectivity index (χ0v) is 14.0. The van der Waals surface area contributed by atoms with E-state index in [-0.39, 0.29) is 12.4 Å². The average Bonchev–Trinajstić information content (AvgIpc) is 3.06. The first kappa shape index (κ1) is 16.0. The lowest BCUT2D eigenvalue weighted by atomic mass is 9.75. The van der Waals surface area contributed by atoms with E-state index in [0.29, 0.717) is 10.8 Å². The van der Waals surface area contributed by atoms with Crippen LogP contribution in [0.15, 0.2) is 42.6 Å². The summed E-state index contributed by atoms with van der Waals surface area (Å²) in [6, 6.07) is 11.4. The number of pyridine rings is 1.